The van der Waals surface area contributed by atoms with Crippen molar-refractivity contribution in [3.8, 4) is 0 Å². The maximum Gasteiger partial charge on any atom is 0.326 e. The van der Waals surface area contributed by atoms with Gasteiger partial charge in [-0.3, -0.25) is 19.3 Å². The van der Waals surface area contributed by atoms with Crippen molar-refractivity contribution in [3.63, 3.8) is 0 Å². The van der Waals surface area contributed by atoms with Crippen molar-refractivity contribution < 1.29 is 23.9 Å². The van der Waals surface area contributed by atoms with E-state index in [1.807, 2.05) is 24.3 Å². The van der Waals surface area contributed by atoms with Crippen LogP contribution in [0.15, 0.2) is 24.3 Å². The summed E-state index contributed by atoms with van der Waals surface area (Å²) in [6, 6.07) is 6.72. The number of rotatable bonds is 6. The van der Waals surface area contributed by atoms with Gasteiger partial charge in [0.15, 0.2) is 6.10 Å². The lowest BCUT2D eigenvalue weighted by molar-refractivity contribution is -0.149. The monoisotopic (exact) mass is 385 g/mol. The molecule has 2 aromatic rings. The highest BCUT2D eigenvalue weighted by Gasteiger charge is 2.47. The topological polar surface area (TPSA) is 109 Å². The number of hydrogen-bond acceptors (Lipinski definition) is 5. The number of urea groups is 1. The summed E-state index contributed by atoms with van der Waals surface area (Å²) in [6.45, 7) is 6.09. The lowest BCUT2D eigenvalue weighted by Gasteiger charge is -2.19. The van der Waals surface area contributed by atoms with E-state index in [-0.39, 0.29) is 5.78 Å². The number of benzene rings is 1. The zero-order valence-corrected chi connectivity index (χ0v) is 16.3. The van der Waals surface area contributed by atoms with E-state index < -0.39 is 36.1 Å². The van der Waals surface area contributed by atoms with E-state index in [1.165, 1.54) is 6.92 Å². The number of hydrogen-bond donors (Lipinski definition) is 2. The van der Waals surface area contributed by atoms with Crippen LogP contribution in [-0.2, 0) is 14.3 Å². The number of carbonyl (C=O) groups excluding carboxylic acids is 4. The third kappa shape index (κ3) is 3.26. The van der Waals surface area contributed by atoms with Gasteiger partial charge in [-0.15, -0.1) is 0 Å². The fourth-order valence-corrected chi connectivity index (χ4v) is 3.34. The van der Waals surface area contributed by atoms with Crippen LogP contribution in [0.25, 0.3) is 10.9 Å². The van der Waals surface area contributed by atoms with Crippen molar-refractivity contribution in [1.82, 2.24) is 15.2 Å². The third-order valence-corrected chi connectivity index (χ3v) is 5.16. The average molecular weight is 385 g/mol. The van der Waals surface area contributed by atoms with Gasteiger partial charge in [0.1, 0.15) is 12.1 Å². The predicted octanol–water partition coefficient (Wildman–Crippen LogP) is 2.31. The molecule has 0 saturated carbocycles. The Bertz CT molecular complexity index is 979. The molecule has 8 nitrogen and oxygen atoms in total. The van der Waals surface area contributed by atoms with Crippen LogP contribution in [0.4, 0.5) is 4.79 Å². The molecular formula is C20H23N3O5. The number of esters is 1. The number of nitrogens with zero attached hydrogens (tertiary/aromatic N) is 1. The summed E-state index contributed by atoms with van der Waals surface area (Å²) in [5.74, 6) is -1.65. The summed E-state index contributed by atoms with van der Waals surface area (Å²) in [6.07, 6.45) is -0.651. The van der Waals surface area contributed by atoms with Crippen LogP contribution in [0.1, 0.15) is 43.2 Å². The fraction of sp³-hybridized carbons (Fsp3) is 0.400. The molecule has 1 aliphatic heterocycles. The third-order valence-electron chi connectivity index (χ3n) is 5.16. The zero-order valence-electron chi connectivity index (χ0n) is 16.3. The van der Waals surface area contributed by atoms with Gasteiger partial charge in [-0.2, -0.15) is 0 Å². The summed E-state index contributed by atoms with van der Waals surface area (Å²) in [4.78, 5) is 53.4. The van der Waals surface area contributed by atoms with Crippen LogP contribution < -0.4 is 5.32 Å². The van der Waals surface area contributed by atoms with Gasteiger partial charge in [-0.05, 0) is 33.3 Å². The Morgan fingerprint density at radius 3 is 2.57 bits per heavy atom. The van der Waals surface area contributed by atoms with Crippen molar-refractivity contribution >= 4 is 34.6 Å². The lowest BCUT2D eigenvalue weighted by Crippen LogP contribution is -2.43. The molecule has 3 amide bonds. The fourth-order valence-electron chi connectivity index (χ4n) is 3.34. The second-order valence-electron chi connectivity index (χ2n) is 7.17. The zero-order chi connectivity index (χ0) is 20.6. The van der Waals surface area contributed by atoms with E-state index >= 15 is 0 Å². The summed E-state index contributed by atoms with van der Waals surface area (Å²) in [5, 5.41) is 3.32. The molecule has 2 unspecified atom stereocenters. The lowest BCUT2D eigenvalue weighted by atomic mass is 9.99. The van der Waals surface area contributed by atoms with E-state index in [4.69, 9.17) is 4.74 Å². The first kappa shape index (κ1) is 19.6. The minimum Gasteiger partial charge on any atom is -0.453 e. The summed E-state index contributed by atoms with van der Waals surface area (Å²) in [7, 11) is 0. The minimum absolute atomic E-state index is 0.348. The van der Waals surface area contributed by atoms with Crippen LogP contribution in [0, 0.1) is 6.92 Å². The van der Waals surface area contributed by atoms with Crippen LogP contribution in [0.3, 0.4) is 0 Å². The van der Waals surface area contributed by atoms with Crippen LogP contribution in [0.2, 0.25) is 0 Å². The molecule has 1 aliphatic rings. The highest BCUT2D eigenvalue weighted by molar-refractivity contribution is 6.12. The Balaban J connectivity index is 1.71. The van der Waals surface area contributed by atoms with Crippen molar-refractivity contribution in [1.29, 1.82) is 0 Å². The largest absolute Gasteiger partial charge is 0.453 e. The second-order valence-corrected chi connectivity index (χ2v) is 7.17. The summed E-state index contributed by atoms with van der Waals surface area (Å²) >= 11 is 0. The molecule has 1 fully saturated rings. The molecule has 0 aliphatic carbocycles. The molecule has 0 spiro atoms. The molecule has 8 heteroatoms. The first-order valence-corrected chi connectivity index (χ1v) is 9.13. The molecule has 28 heavy (non-hydrogen) atoms. The molecule has 1 aromatic carbocycles. The second kappa shape index (κ2) is 7.10. The van der Waals surface area contributed by atoms with Crippen LogP contribution in [0.5, 0.6) is 0 Å². The number of aromatic nitrogens is 1. The number of Topliss-reactive ketones (excluding diaryl/α,β-unsaturated/α-hetero) is 1. The van der Waals surface area contributed by atoms with Gasteiger partial charge in [0.25, 0.3) is 5.91 Å². The molecule has 148 valence electrons. The maximum atomic E-state index is 12.8. The first-order chi connectivity index (χ1) is 13.2. The Labute approximate surface area is 162 Å². The van der Waals surface area contributed by atoms with E-state index in [0.29, 0.717) is 17.7 Å². The molecule has 2 atom stereocenters. The Hall–Kier alpha value is -3.16. The number of H-pyrrole nitrogens is 1. The summed E-state index contributed by atoms with van der Waals surface area (Å²) < 4.78 is 5.22. The highest BCUT2D eigenvalue weighted by atomic mass is 16.5. The molecule has 1 aromatic heterocycles. The van der Waals surface area contributed by atoms with Crippen molar-refractivity contribution in [2.45, 2.75) is 45.8 Å². The number of imide groups is 1. The van der Waals surface area contributed by atoms with Gasteiger partial charge in [-0.25, -0.2) is 4.79 Å². The minimum atomic E-state index is -1.05. The van der Waals surface area contributed by atoms with E-state index in [0.717, 1.165) is 15.8 Å². The van der Waals surface area contributed by atoms with Gasteiger partial charge < -0.3 is 15.0 Å². The number of ether oxygens (including phenoxy) is 1. The SMILES string of the molecule is CCC1(C)NC(=O)N(CC(=O)OC(C)C(=O)c2c(C)[nH]c3ccccc23)C1=O. The average Bonchev–Trinajstić information content (AvgIpc) is 3.09. The van der Waals surface area contributed by atoms with E-state index in [2.05, 4.69) is 10.3 Å². The maximum absolute atomic E-state index is 12.8. The predicted molar refractivity (Wildman–Crippen MR) is 102 cm³/mol. The molecule has 2 N–H and O–H groups in total. The number of aromatic amines is 1. The van der Waals surface area contributed by atoms with E-state index in [9.17, 15) is 19.2 Å². The molecule has 0 radical (unpaired) electrons. The number of fused-ring (bicyclic) bond motifs is 1. The van der Waals surface area contributed by atoms with Gasteiger partial charge in [0, 0.05) is 22.2 Å². The standard InChI is InChI=1S/C20H23N3O5/c1-5-20(4)18(26)23(19(27)22-20)10-15(24)28-12(3)17(25)16-11(2)21-14-9-7-6-8-13(14)16/h6-9,12,21H,5,10H2,1-4H3,(H,22,27). The van der Waals surface area contributed by atoms with Gasteiger partial charge in [0.2, 0.25) is 5.78 Å². The first-order valence-electron chi connectivity index (χ1n) is 9.13. The number of amides is 3. The van der Waals surface area contributed by atoms with Gasteiger partial charge >= 0.3 is 12.0 Å². The van der Waals surface area contributed by atoms with Crippen LogP contribution in [-0.4, -0.2) is 51.8 Å². The number of ketones is 1. The molecule has 3 rings (SSSR count). The number of carbonyl (C=O) groups is 4. The van der Waals surface area contributed by atoms with Gasteiger partial charge in [0.05, 0.1) is 0 Å². The van der Waals surface area contributed by atoms with E-state index in [1.54, 1.807) is 20.8 Å². The smallest absolute Gasteiger partial charge is 0.326 e. The number of nitrogens with one attached hydrogen (secondary N) is 2. The molecule has 0 bridgehead atoms. The molecule has 1 saturated heterocycles. The van der Waals surface area contributed by atoms with Crippen molar-refractivity contribution in [2.24, 2.45) is 0 Å². The Kier molecular flexibility index (Phi) is 4.97. The van der Waals surface area contributed by atoms with Crippen molar-refractivity contribution in [3.05, 3.63) is 35.5 Å². The highest BCUT2D eigenvalue weighted by Crippen LogP contribution is 2.24. The van der Waals surface area contributed by atoms with Crippen molar-refractivity contribution in [2.75, 3.05) is 6.54 Å². The van der Waals surface area contributed by atoms with Gasteiger partial charge in [-0.1, -0.05) is 25.1 Å². The Morgan fingerprint density at radius 1 is 1.25 bits per heavy atom. The summed E-state index contributed by atoms with van der Waals surface area (Å²) in [5.41, 5.74) is 0.936. The normalized spacial score (nSPS) is 20.4. The van der Waals surface area contributed by atoms with Crippen LogP contribution >= 0.6 is 0 Å². The number of para-hydroxylation sites is 1. The number of aryl methyl sites for hydroxylation is 1. The molecule has 2 heterocycles. The Morgan fingerprint density at radius 2 is 1.93 bits per heavy atom. The molecular weight excluding hydrogens is 362 g/mol. The quantitative estimate of drug-likeness (QED) is 0.451.